The van der Waals surface area contributed by atoms with E-state index in [9.17, 15) is 18.3 Å². The minimum Gasteiger partial charge on any atom is -0.544 e. The second-order valence-corrected chi connectivity index (χ2v) is 7.44. The monoisotopic (exact) mass is 307 g/mol. The Balaban J connectivity index is 5.18. The Labute approximate surface area is 121 Å². The molecule has 0 aliphatic carbocycles. The predicted octanol–water partition coefficient (Wildman–Crippen LogP) is 0.204. The van der Waals surface area contributed by atoms with E-state index >= 15 is 0 Å². The summed E-state index contributed by atoms with van der Waals surface area (Å²) in [6.45, 7) is 7.11. The molecule has 2 unspecified atom stereocenters. The average Bonchev–Trinajstić information content (AvgIpc) is 2.26. The Morgan fingerprint density at radius 2 is 2.00 bits per heavy atom. The highest BCUT2D eigenvalue weighted by Gasteiger charge is 2.45. The van der Waals surface area contributed by atoms with Crippen molar-refractivity contribution in [3.63, 3.8) is 0 Å². The summed E-state index contributed by atoms with van der Waals surface area (Å²) in [6.07, 6.45) is 2.52. The van der Waals surface area contributed by atoms with Crippen LogP contribution in [-0.2, 0) is 14.9 Å². The van der Waals surface area contributed by atoms with Crippen LogP contribution in [0.4, 0.5) is 0 Å². The lowest BCUT2D eigenvalue weighted by Gasteiger charge is -2.51. The van der Waals surface area contributed by atoms with Crippen LogP contribution in [0.15, 0.2) is 12.7 Å². The molecule has 7 heteroatoms. The highest BCUT2D eigenvalue weighted by molar-refractivity contribution is 7.85. The van der Waals surface area contributed by atoms with Gasteiger partial charge in [-0.05, 0) is 20.3 Å². The van der Waals surface area contributed by atoms with Crippen molar-refractivity contribution in [3.05, 3.63) is 12.7 Å². The third-order valence-electron chi connectivity index (χ3n) is 4.39. The predicted molar refractivity (Wildman–Crippen MR) is 75.4 cm³/mol. The summed E-state index contributed by atoms with van der Waals surface area (Å²) in [5, 5.41) is 11.6. The van der Waals surface area contributed by atoms with Crippen LogP contribution in [0.25, 0.3) is 0 Å². The quantitative estimate of drug-likeness (QED) is 0.373. The zero-order valence-corrected chi connectivity index (χ0v) is 13.4. The number of rotatable bonds is 9. The van der Waals surface area contributed by atoms with Crippen LogP contribution in [0.3, 0.4) is 0 Å². The van der Waals surface area contributed by atoms with Gasteiger partial charge in [-0.15, -0.1) is 6.58 Å². The number of carbonyl (C=O) groups is 1. The van der Waals surface area contributed by atoms with E-state index in [-0.39, 0.29) is 23.4 Å². The molecule has 20 heavy (non-hydrogen) atoms. The molecule has 0 aromatic carbocycles. The number of nitrogens with zero attached hydrogens (tertiary/aromatic N) is 1. The first kappa shape index (κ1) is 19.1. The van der Waals surface area contributed by atoms with E-state index in [0.29, 0.717) is 6.42 Å². The number of carbonyl (C=O) groups excluding carboxylic acids is 1. The molecule has 6 nitrogen and oxygen atoms in total. The second kappa shape index (κ2) is 6.69. The van der Waals surface area contributed by atoms with Gasteiger partial charge in [-0.3, -0.25) is 4.55 Å². The average molecular weight is 307 g/mol. The van der Waals surface area contributed by atoms with Crippen LogP contribution >= 0.6 is 0 Å². The Morgan fingerprint density at radius 1 is 1.50 bits per heavy atom. The lowest BCUT2D eigenvalue weighted by atomic mass is 9.89. The lowest BCUT2D eigenvalue weighted by molar-refractivity contribution is -0.953. The molecule has 0 heterocycles. The van der Waals surface area contributed by atoms with Crippen molar-refractivity contribution in [2.75, 3.05) is 19.8 Å². The molecule has 1 N–H and O–H groups in total. The molecular weight excluding hydrogens is 282 g/mol. The molecule has 0 aliphatic heterocycles. The summed E-state index contributed by atoms with van der Waals surface area (Å²) in [4.78, 5) is 11.6. The molecule has 0 aromatic rings. The Kier molecular flexibility index (Phi) is 6.38. The van der Waals surface area contributed by atoms with Crippen molar-refractivity contribution < 1.29 is 27.4 Å². The van der Waals surface area contributed by atoms with Gasteiger partial charge in [0.15, 0.2) is 0 Å². The summed E-state index contributed by atoms with van der Waals surface area (Å²) in [5.41, 5.74) is -1.24. The first-order valence-corrected chi connectivity index (χ1v) is 8.10. The fraction of sp³-hybridized carbons (Fsp3) is 0.769. The molecule has 0 saturated carbocycles. The Morgan fingerprint density at radius 3 is 2.35 bits per heavy atom. The van der Waals surface area contributed by atoms with E-state index < -0.39 is 27.4 Å². The number of likely N-dealkylation sites (N-methyl/N-ethyl adjacent to an activating group) is 1. The highest BCUT2D eigenvalue weighted by atomic mass is 32.2. The van der Waals surface area contributed by atoms with Crippen molar-refractivity contribution in [1.29, 1.82) is 0 Å². The van der Waals surface area contributed by atoms with Crippen LogP contribution in [-0.4, -0.2) is 54.9 Å². The number of carboxylic acids is 1. The molecule has 0 bridgehead atoms. The van der Waals surface area contributed by atoms with Gasteiger partial charge in [0.25, 0.3) is 10.1 Å². The van der Waals surface area contributed by atoms with Crippen molar-refractivity contribution in [1.82, 2.24) is 0 Å². The molecule has 0 amide bonds. The van der Waals surface area contributed by atoms with E-state index in [1.807, 2.05) is 6.92 Å². The SMILES string of the molecule is C=CCC(C)[N+](C)(C)C(C)(CCCS(=O)(=O)O)C(=O)[O-]. The van der Waals surface area contributed by atoms with Gasteiger partial charge >= 0.3 is 0 Å². The molecule has 0 rings (SSSR count). The van der Waals surface area contributed by atoms with E-state index in [4.69, 9.17) is 4.55 Å². The largest absolute Gasteiger partial charge is 0.544 e. The molecule has 0 spiro atoms. The molecule has 118 valence electrons. The highest BCUT2D eigenvalue weighted by Crippen LogP contribution is 2.30. The topological polar surface area (TPSA) is 94.5 Å². The van der Waals surface area contributed by atoms with Crippen LogP contribution in [0, 0.1) is 0 Å². The zero-order chi connectivity index (χ0) is 16.2. The van der Waals surface area contributed by atoms with E-state index in [1.165, 1.54) is 0 Å². The van der Waals surface area contributed by atoms with E-state index in [0.717, 1.165) is 0 Å². The molecule has 0 aliphatic rings. The third-order valence-corrected chi connectivity index (χ3v) is 5.19. The summed E-state index contributed by atoms with van der Waals surface area (Å²) < 4.78 is 30.4. The maximum atomic E-state index is 11.6. The van der Waals surface area contributed by atoms with Gasteiger partial charge in [0.05, 0.1) is 25.9 Å². The number of carboxylic acid groups (broad SMARTS) is 1. The third kappa shape index (κ3) is 4.57. The van der Waals surface area contributed by atoms with Gasteiger partial charge in [-0.1, -0.05) is 6.08 Å². The van der Waals surface area contributed by atoms with Gasteiger partial charge in [0.1, 0.15) is 11.5 Å². The standard InChI is InChI=1S/C13H25NO5S/c1-6-8-11(2)14(4,5)13(3,12(15)16)9-7-10-20(17,18)19/h6,11H,1,7-10H2,2-5H3,(H-,15,16,17,18,19). The van der Waals surface area contributed by atoms with Crippen molar-refractivity contribution >= 4 is 16.1 Å². The Bertz CT molecular complexity index is 457. The van der Waals surface area contributed by atoms with Gasteiger partial charge in [-0.25, -0.2) is 0 Å². The summed E-state index contributed by atoms with van der Waals surface area (Å²) >= 11 is 0. The molecule has 0 saturated heterocycles. The Hall–Kier alpha value is -0.920. The van der Waals surface area contributed by atoms with Crippen LogP contribution in [0.2, 0.25) is 0 Å². The van der Waals surface area contributed by atoms with Gasteiger partial charge < -0.3 is 14.4 Å². The molecule has 0 radical (unpaired) electrons. The maximum absolute atomic E-state index is 11.6. The minimum atomic E-state index is -4.08. The van der Waals surface area contributed by atoms with Gasteiger partial charge in [0.2, 0.25) is 0 Å². The van der Waals surface area contributed by atoms with Crippen LogP contribution in [0.1, 0.15) is 33.1 Å². The van der Waals surface area contributed by atoms with E-state index in [2.05, 4.69) is 6.58 Å². The first-order valence-electron chi connectivity index (χ1n) is 6.49. The number of hydrogen-bond donors (Lipinski definition) is 1. The first-order chi connectivity index (χ1) is 8.88. The fourth-order valence-corrected chi connectivity index (χ4v) is 2.72. The molecule has 0 fully saturated rings. The zero-order valence-electron chi connectivity index (χ0n) is 12.6. The molecular formula is C13H25NO5S. The summed E-state index contributed by atoms with van der Waals surface area (Å²) in [7, 11) is -0.534. The van der Waals surface area contributed by atoms with Gasteiger partial charge in [-0.2, -0.15) is 8.42 Å². The van der Waals surface area contributed by atoms with Crippen molar-refractivity contribution in [3.8, 4) is 0 Å². The van der Waals surface area contributed by atoms with Crippen molar-refractivity contribution in [2.45, 2.75) is 44.7 Å². The maximum Gasteiger partial charge on any atom is 0.264 e. The second-order valence-electron chi connectivity index (χ2n) is 5.86. The van der Waals surface area contributed by atoms with Crippen molar-refractivity contribution in [2.24, 2.45) is 0 Å². The van der Waals surface area contributed by atoms with Crippen LogP contribution in [0.5, 0.6) is 0 Å². The minimum absolute atomic E-state index is 0.0128. The van der Waals surface area contributed by atoms with E-state index in [1.54, 1.807) is 27.1 Å². The smallest absolute Gasteiger partial charge is 0.264 e. The molecule has 2 atom stereocenters. The fourth-order valence-electron chi connectivity index (χ4n) is 2.22. The van der Waals surface area contributed by atoms with Crippen LogP contribution < -0.4 is 5.11 Å². The summed E-state index contributed by atoms with van der Waals surface area (Å²) in [6, 6.07) is -0.0128. The lowest BCUT2D eigenvalue weighted by Crippen LogP contribution is -2.69. The normalized spacial score (nSPS) is 17.2. The molecule has 0 aromatic heterocycles. The van der Waals surface area contributed by atoms with Gasteiger partial charge in [0, 0.05) is 12.8 Å². The number of quaternary nitrogens is 1. The number of aliphatic carboxylic acids is 1. The summed E-state index contributed by atoms with van der Waals surface area (Å²) in [5.74, 6) is -1.68. The number of hydrogen-bond acceptors (Lipinski definition) is 4.